The van der Waals surface area contributed by atoms with Gasteiger partial charge in [-0.1, -0.05) is 0 Å². The molecule has 0 unspecified atom stereocenters. The Hall–Kier alpha value is -1.71. The second-order valence-corrected chi connectivity index (χ2v) is 2.18. The maximum Gasteiger partial charge on any atom is 0.208 e. The smallest absolute Gasteiger partial charge is 0.208 e. The van der Waals surface area contributed by atoms with Crippen molar-refractivity contribution in [1.29, 1.82) is 0 Å². The predicted molar refractivity (Wildman–Crippen MR) is 38.5 cm³/mol. The summed E-state index contributed by atoms with van der Waals surface area (Å²) in [5.74, 6) is 0. The van der Waals surface area contributed by atoms with Gasteiger partial charge in [0.1, 0.15) is 0 Å². The lowest BCUT2D eigenvalue weighted by atomic mass is 10.3. The highest BCUT2D eigenvalue weighted by Crippen LogP contribution is 2.03. The minimum Gasteiger partial charge on any atom is -0.619 e. The van der Waals surface area contributed by atoms with Crippen molar-refractivity contribution >= 4 is 10.9 Å². The zero-order valence-corrected chi connectivity index (χ0v) is 5.64. The molecule has 0 radical (unpaired) electrons. The van der Waals surface area contributed by atoms with Gasteiger partial charge < -0.3 is 5.21 Å². The molecule has 0 amide bonds. The van der Waals surface area contributed by atoms with Gasteiger partial charge in [-0.05, 0) is 6.07 Å². The highest BCUT2D eigenvalue weighted by molar-refractivity contribution is 5.75. The van der Waals surface area contributed by atoms with Crippen LogP contribution in [0, 0.1) is 5.21 Å². The van der Waals surface area contributed by atoms with Gasteiger partial charge in [0.2, 0.25) is 6.20 Å². The van der Waals surface area contributed by atoms with E-state index in [0.29, 0.717) is 10.2 Å². The van der Waals surface area contributed by atoms with Crippen LogP contribution in [0.4, 0.5) is 0 Å². The molecule has 2 heterocycles. The lowest BCUT2D eigenvalue weighted by Gasteiger charge is -1.95. The third-order valence-electron chi connectivity index (χ3n) is 1.43. The third kappa shape index (κ3) is 0.980. The average molecular weight is 147 g/mol. The maximum atomic E-state index is 10.7. The van der Waals surface area contributed by atoms with Gasteiger partial charge in [0, 0.05) is 11.5 Å². The number of rotatable bonds is 0. The topological polar surface area (TPSA) is 52.7 Å². The van der Waals surface area contributed by atoms with Crippen LogP contribution in [0.15, 0.2) is 30.7 Å². The van der Waals surface area contributed by atoms with E-state index in [1.807, 2.05) is 6.07 Å². The first-order chi connectivity index (χ1) is 5.36. The first kappa shape index (κ1) is 6.03. The lowest BCUT2D eigenvalue weighted by molar-refractivity contribution is -0.604. The minimum absolute atomic E-state index is 0.616. The standard InChI is InChI=1S/C7H5N3O/c11-10-4-2-6-1-3-8-9-7(6)5-10/h1-5H. The van der Waals surface area contributed by atoms with Crippen LogP contribution in [0.25, 0.3) is 10.9 Å². The van der Waals surface area contributed by atoms with Gasteiger partial charge >= 0.3 is 0 Å². The van der Waals surface area contributed by atoms with E-state index < -0.39 is 0 Å². The molecule has 4 nitrogen and oxygen atoms in total. The molecule has 0 saturated heterocycles. The Morgan fingerprint density at radius 3 is 3.18 bits per heavy atom. The van der Waals surface area contributed by atoms with E-state index in [9.17, 15) is 5.21 Å². The molecule has 2 aromatic heterocycles. The van der Waals surface area contributed by atoms with Crippen molar-refractivity contribution in [2.75, 3.05) is 0 Å². The van der Waals surface area contributed by atoms with Crippen molar-refractivity contribution in [1.82, 2.24) is 10.2 Å². The summed E-state index contributed by atoms with van der Waals surface area (Å²) < 4.78 is 0.705. The Morgan fingerprint density at radius 2 is 2.27 bits per heavy atom. The highest BCUT2D eigenvalue weighted by atomic mass is 16.5. The number of nitrogens with zero attached hydrogens (tertiary/aromatic N) is 3. The second kappa shape index (κ2) is 2.16. The second-order valence-electron chi connectivity index (χ2n) is 2.18. The molecule has 2 aromatic rings. The Bertz CT molecular complexity index is 388. The van der Waals surface area contributed by atoms with E-state index in [2.05, 4.69) is 10.2 Å². The number of hydrogen-bond acceptors (Lipinski definition) is 3. The summed E-state index contributed by atoms with van der Waals surface area (Å²) in [6.45, 7) is 0. The number of aromatic nitrogens is 3. The molecule has 54 valence electrons. The zero-order chi connectivity index (χ0) is 7.68. The number of fused-ring (bicyclic) bond motifs is 1. The van der Waals surface area contributed by atoms with Gasteiger partial charge in [-0.25, -0.2) is 0 Å². The largest absolute Gasteiger partial charge is 0.619 e. The summed E-state index contributed by atoms with van der Waals surface area (Å²) in [4.78, 5) is 0. The van der Waals surface area contributed by atoms with Gasteiger partial charge in [-0.15, -0.1) is 5.10 Å². The molecule has 0 N–H and O–H groups in total. The van der Waals surface area contributed by atoms with Crippen molar-refractivity contribution in [3.8, 4) is 0 Å². The van der Waals surface area contributed by atoms with Gasteiger partial charge in [-0.2, -0.15) is 9.83 Å². The Morgan fingerprint density at radius 1 is 1.36 bits per heavy atom. The first-order valence-corrected chi connectivity index (χ1v) is 3.16. The van der Waals surface area contributed by atoms with E-state index >= 15 is 0 Å². The molecular formula is C7H5N3O. The molecule has 0 saturated carbocycles. The molecule has 0 spiro atoms. The molecule has 2 rings (SSSR count). The maximum absolute atomic E-state index is 10.7. The van der Waals surface area contributed by atoms with E-state index in [1.165, 1.54) is 12.4 Å². The van der Waals surface area contributed by atoms with E-state index in [1.54, 1.807) is 12.3 Å². The van der Waals surface area contributed by atoms with Crippen molar-refractivity contribution in [3.63, 3.8) is 0 Å². The molecule has 0 aromatic carbocycles. The minimum atomic E-state index is 0.616. The highest BCUT2D eigenvalue weighted by Gasteiger charge is 1.96. The Balaban J connectivity index is 2.83. The lowest BCUT2D eigenvalue weighted by Crippen LogP contribution is -2.23. The van der Waals surface area contributed by atoms with Crippen LogP contribution >= 0.6 is 0 Å². The van der Waals surface area contributed by atoms with E-state index in [0.717, 1.165) is 5.39 Å². The van der Waals surface area contributed by atoms with Crippen LogP contribution in [-0.4, -0.2) is 10.2 Å². The van der Waals surface area contributed by atoms with Crippen LogP contribution in [0.3, 0.4) is 0 Å². The summed E-state index contributed by atoms with van der Waals surface area (Å²) in [6.07, 6.45) is 4.42. The molecule has 0 aliphatic carbocycles. The van der Waals surface area contributed by atoms with Crippen molar-refractivity contribution < 1.29 is 4.73 Å². The summed E-state index contributed by atoms with van der Waals surface area (Å²) in [7, 11) is 0. The molecular weight excluding hydrogens is 142 g/mol. The fourth-order valence-electron chi connectivity index (χ4n) is 0.911. The quantitative estimate of drug-likeness (QED) is 0.397. The van der Waals surface area contributed by atoms with Crippen LogP contribution in [0.1, 0.15) is 0 Å². The normalized spacial score (nSPS) is 10.2. The molecule has 0 bridgehead atoms. The van der Waals surface area contributed by atoms with Gasteiger partial charge in [0.15, 0.2) is 11.7 Å². The van der Waals surface area contributed by atoms with Gasteiger partial charge in [0.05, 0.1) is 6.20 Å². The van der Waals surface area contributed by atoms with Crippen molar-refractivity contribution in [2.45, 2.75) is 0 Å². The average Bonchev–Trinajstić information content (AvgIpc) is 2.04. The molecule has 0 aliphatic rings. The summed E-state index contributed by atoms with van der Waals surface area (Å²) in [5, 5.41) is 19.1. The Kier molecular flexibility index (Phi) is 1.18. The molecule has 0 aliphatic heterocycles. The third-order valence-corrected chi connectivity index (χ3v) is 1.43. The van der Waals surface area contributed by atoms with E-state index in [-0.39, 0.29) is 0 Å². The number of pyridine rings is 1. The summed E-state index contributed by atoms with van der Waals surface area (Å²) in [6, 6.07) is 3.51. The van der Waals surface area contributed by atoms with Crippen LogP contribution < -0.4 is 4.73 Å². The van der Waals surface area contributed by atoms with Crippen LogP contribution in [-0.2, 0) is 0 Å². The van der Waals surface area contributed by atoms with Crippen LogP contribution in [0.5, 0.6) is 0 Å². The molecule has 0 fully saturated rings. The fraction of sp³-hybridized carbons (Fsp3) is 0. The summed E-state index contributed by atoms with van der Waals surface area (Å²) >= 11 is 0. The molecule has 4 heteroatoms. The number of hydrogen-bond donors (Lipinski definition) is 0. The Labute approximate surface area is 62.7 Å². The van der Waals surface area contributed by atoms with Crippen molar-refractivity contribution in [2.24, 2.45) is 0 Å². The van der Waals surface area contributed by atoms with Crippen LogP contribution in [0.2, 0.25) is 0 Å². The predicted octanol–water partition coefficient (Wildman–Crippen LogP) is 0.263. The zero-order valence-electron chi connectivity index (χ0n) is 5.64. The van der Waals surface area contributed by atoms with Crippen molar-refractivity contribution in [3.05, 3.63) is 35.9 Å². The van der Waals surface area contributed by atoms with Gasteiger partial charge in [0.25, 0.3) is 0 Å². The first-order valence-electron chi connectivity index (χ1n) is 3.16. The molecule has 0 atom stereocenters. The molecule has 11 heavy (non-hydrogen) atoms. The monoisotopic (exact) mass is 147 g/mol. The SMILES string of the molecule is [O-][n+]1ccc2ccnnc2c1. The fourth-order valence-corrected chi connectivity index (χ4v) is 0.911. The summed E-state index contributed by atoms with van der Waals surface area (Å²) in [5.41, 5.74) is 0.616. The van der Waals surface area contributed by atoms with E-state index in [4.69, 9.17) is 0 Å². The van der Waals surface area contributed by atoms with Gasteiger partial charge in [-0.3, -0.25) is 0 Å².